The maximum absolute atomic E-state index is 11.7. The van der Waals surface area contributed by atoms with Crippen LogP contribution in [0.15, 0.2) is 36.4 Å². The number of benzene rings is 2. The summed E-state index contributed by atoms with van der Waals surface area (Å²) in [5.74, 6) is 0.451. The zero-order valence-electron chi connectivity index (χ0n) is 9.65. The van der Waals surface area contributed by atoms with Crippen molar-refractivity contribution in [1.29, 1.82) is 0 Å². The zero-order chi connectivity index (χ0) is 11.8. The van der Waals surface area contributed by atoms with E-state index in [2.05, 4.69) is 12.1 Å². The van der Waals surface area contributed by atoms with Crippen LogP contribution in [0.3, 0.4) is 0 Å². The molecule has 2 nitrogen and oxygen atoms in total. The zero-order valence-corrected chi connectivity index (χ0v) is 9.65. The SMILES string of the molecule is NC(=O)c1c(CC2CC2)ccc2ccccc12. The summed E-state index contributed by atoms with van der Waals surface area (Å²) >= 11 is 0. The number of amides is 1. The topological polar surface area (TPSA) is 43.1 Å². The molecule has 2 N–H and O–H groups in total. The first kappa shape index (κ1) is 10.3. The van der Waals surface area contributed by atoms with Gasteiger partial charge in [0.15, 0.2) is 0 Å². The lowest BCUT2D eigenvalue weighted by Gasteiger charge is -2.09. The van der Waals surface area contributed by atoms with E-state index in [1.54, 1.807) is 0 Å². The van der Waals surface area contributed by atoms with Crippen LogP contribution in [0, 0.1) is 5.92 Å². The number of nitrogens with two attached hydrogens (primary N) is 1. The van der Waals surface area contributed by atoms with E-state index in [1.807, 2.05) is 24.3 Å². The molecule has 0 heterocycles. The average molecular weight is 225 g/mol. The number of fused-ring (bicyclic) bond motifs is 1. The smallest absolute Gasteiger partial charge is 0.249 e. The Labute approximate surface area is 100 Å². The summed E-state index contributed by atoms with van der Waals surface area (Å²) in [5.41, 5.74) is 7.37. The van der Waals surface area contributed by atoms with Crippen LogP contribution >= 0.6 is 0 Å². The Morgan fingerprint density at radius 1 is 1.18 bits per heavy atom. The molecule has 1 amide bonds. The van der Waals surface area contributed by atoms with Crippen molar-refractivity contribution in [2.75, 3.05) is 0 Å². The van der Waals surface area contributed by atoms with Gasteiger partial charge in [0.1, 0.15) is 0 Å². The molecule has 1 aliphatic rings. The van der Waals surface area contributed by atoms with Crippen LogP contribution in [0.5, 0.6) is 0 Å². The van der Waals surface area contributed by atoms with Crippen molar-refractivity contribution in [3.05, 3.63) is 47.5 Å². The quantitative estimate of drug-likeness (QED) is 0.857. The van der Waals surface area contributed by atoms with Gasteiger partial charge < -0.3 is 5.73 Å². The maximum Gasteiger partial charge on any atom is 0.249 e. The molecule has 0 aliphatic heterocycles. The number of hydrogen-bond donors (Lipinski definition) is 1. The highest BCUT2D eigenvalue weighted by Gasteiger charge is 2.24. The molecule has 3 rings (SSSR count). The van der Waals surface area contributed by atoms with Gasteiger partial charge in [0.2, 0.25) is 5.91 Å². The van der Waals surface area contributed by atoms with Crippen molar-refractivity contribution in [3.8, 4) is 0 Å². The Bertz CT molecular complexity index is 584. The summed E-state index contributed by atoms with van der Waals surface area (Å²) < 4.78 is 0. The third-order valence-corrected chi connectivity index (χ3v) is 3.47. The number of hydrogen-bond acceptors (Lipinski definition) is 1. The van der Waals surface area contributed by atoms with E-state index in [1.165, 1.54) is 12.8 Å². The summed E-state index contributed by atoms with van der Waals surface area (Å²) in [4.78, 5) is 11.7. The second-order valence-corrected chi connectivity index (χ2v) is 4.83. The molecular formula is C15H15NO. The Kier molecular flexibility index (Phi) is 2.36. The molecule has 1 saturated carbocycles. The lowest BCUT2D eigenvalue weighted by molar-refractivity contribution is 0.100. The van der Waals surface area contributed by atoms with Crippen LogP contribution in [0.4, 0.5) is 0 Å². The van der Waals surface area contributed by atoms with Gasteiger partial charge in [-0.25, -0.2) is 0 Å². The monoisotopic (exact) mass is 225 g/mol. The van der Waals surface area contributed by atoms with Crippen LogP contribution < -0.4 is 5.73 Å². The molecule has 86 valence electrons. The predicted octanol–water partition coefficient (Wildman–Crippen LogP) is 2.89. The minimum absolute atomic E-state index is 0.308. The number of carbonyl (C=O) groups excluding carboxylic acids is 1. The molecule has 2 aromatic carbocycles. The molecule has 0 aromatic heterocycles. The fourth-order valence-electron chi connectivity index (χ4n) is 2.41. The summed E-state index contributed by atoms with van der Waals surface area (Å²) in [6.07, 6.45) is 3.55. The molecule has 2 heteroatoms. The molecule has 2 aromatic rings. The van der Waals surface area contributed by atoms with Crippen LogP contribution in [0.1, 0.15) is 28.8 Å². The molecule has 0 atom stereocenters. The fourth-order valence-corrected chi connectivity index (χ4v) is 2.41. The standard InChI is InChI=1S/C15H15NO/c16-15(17)14-12(9-10-5-6-10)8-7-11-3-1-2-4-13(11)14/h1-4,7-8,10H,5-6,9H2,(H2,16,17). The van der Waals surface area contributed by atoms with Crippen LogP contribution in [-0.2, 0) is 6.42 Å². The Balaban J connectivity index is 2.20. The second-order valence-electron chi connectivity index (χ2n) is 4.83. The van der Waals surface area contributed by atoms with Crippen LogP contribution in [-0.4, -0.2) is 5.91 Å². The fraction of sp³-hybridized carbons (Fsp3) is 0.267. The normalized spacial score (nSPS) is 15.1. The minimum atomic E-state index is -0.308. The molecular weight excluding hydrogens is 210 g/mol. The summed E-state index contributed by atoms with van der Waals surface area (Å²) in [6.45, 7) is 0. The summed E-state index contributed by atoms with van der Waals surface area (Å²) in [5, 5.41) is 2.07. The largest absolute Gasteiger partial charge is 0.366 e. The summed E-state index contributed by atoms with van der Waals surface area (Å²) in [6, 6.07) is 12.1. The first-order valence-corrected chi connectivity index (χ1v) is 6.06. The molecule has 1 fully saturated rings. The van der Waals surface area contributed by atoms with Crippen molar-refractivity contribution in [2.45, 2.75) is 19.3 Å². The Morgan fingerprint density at radius 2 is 1.94 bits per heavy atom. The van der Waals surface area contributed by atoms with E-state index >= 15 is 0 Å². The Morgan fingerprint density at radius 3 is 2.65 bits per heavy atom. The average Bonchev–Trinajstić information content (AvgIpc) is 3.12. The van der Waals surface area contributed by atoms with E-state index in [-0.39, 0.29) is 5.91 Å². The van der Waals surface area contributed by atoms with Gasteiger partial charge in [-0.1, -0.05) is 36.4 Å². The molecule has 17 heavy (non-hydrogen) atoms. The molecule has 1 aliphatic carbocycles. The van der Waals surface area contributed by atoms with Crippen molar-refractivity contribution >= 4 is 16.7 Å². The highest BCUT2D eigenvalue weighted by molar-refractivity contribution is 6.07. The molecule has 0 bridgehead atoms. The molecule has 0 unspecified atom stereocenters. The van der Waals surface area contributed by atoms with E-state index in [0.29, 0.717) is 0 Å². The van der Waals surface area contributed by atoms with Crippen molar-refractivity contribution in [1.82, 2.24) is 0 Å². The predicted molar refractivity (Wildman–Crippen MR) is 68.9 cm³/mol. The van der Waals surface area contributed by atoms with Gasteiger partial charge in [-0.05, 0) is 41.5 Å². The lowest BCUT2D eigenvalue weighted by atomic mass is 9.95. The third-order valence-electron chi connectivity index (χ3n) is 3.47. The molecule has 0 spiro atoms. The lowest BCUT2D eigenvalue weighted by Crippen LogP contribution is -2.14. The summed E-state index contributed by atoms with van der Waals surface area (Å²) in [7, 11) is 0. The highest BCUT2D eigenvalue weighted by Crippen LogP contribution is 2.34. The molecule has 0 saturated heterocycles. The maximum atomic E-state index is 11.7. The van der Waals surface area contributed by atoms with Gasteiger partial charge in [-0.3, -0.25) is 4.79 Å². The first-order chi connectivity index (χ1) is 8.25. The van der Waals surface area contributed by atoms with Gasteiger partial charge in [-0.2, -0.15) is 0 Å². The van der Waals surface area contributed by atoms with E-state index < -0.39 is 0 Å². The van der Waals surface area contributed by atoms with Gasteiger partial charge in [-0.15, -0.1) is 0 Å². The minimum Gasteiger partial charge on any atom is -0.366 e. The Hall–Kier alpha value is -1.83. The third kappa shape index (κ3) is 1.91. The van der Waals surface area contributed by atoms with Gasteiger partial charge in [0.25, 0.3) is 0 Å². The van der Waals surface area contributed by atoms with Gasteiger partial charge >= 0.3 is 0 Å². The van der Waals surface area contributed by atoms with E-state index in [0.717, 1.165) is 34.2 Å². The number of primary amides is 1. The highest BCUT2D eigenvalue weighted by atomic mass is 16.1. The van der Waals surface area contributed by atoms with Gasteiger partial charge in [0, 0.05) is 0 Å². The van der Waals surface area contributed by atoms with Crippen molar-refractivity contribution < 1.29 is 4.79 Å². The van der Waals surface area contributed by atoms with E-state index in [4.69, 9.17) is 5.73 Å². The van der Waals surface area contributed by atoms with Crippen molar-refractivity contribution in [2.24, 2.45) is 11.7 Å². The van der Waals surface area contributed by atoms with Crippen LogP contribution in [0.25, 0.3) is 10.8 Å². The van der Waals surface area contributed by atoms with Crippen LogP contribution in [0.2, 0.25) is 0 Å². The van der Waals surface area contributed by atoms with Crippen molar-refractivity contribution in [3.63, 3.8) is 0 Å². The second kappa shape index (κ2) is 3.88. The van der Waals surface area contributed by atoms with E-state index in [9.17, 15) is 4.79 Å². The molecule has 0 radical (unpaired) electrons. The van der Waals surface area contributed by atoms with Gasteiger partial charge in [0.05, 0.1) is 5.56 Å². The first-order valence-electron chi connectivity index (χ1n) is 6.06. The number of carbonyl (C=O) groups is 1. The number of rotatable bonds is 3.